The fraction of sp³-hybridized carbons (Fsp3) is 0.545. The van der Waals surface area contributed by atoms with Crippen molar-refractivity contribution in [2.45, 2.75) is 31.8 Å². The smallest absolute Gasteiger partial charge is 0.316 e. The quantitative estimate of drug-likeness (QED) is 0.361. The van der Waals surface area contributed by atoms with E-state index in [1.54, 1.807) is 6.92 Å². The average Bonchev–Trinajstić information content (AvgIpc) is 2.25. The third-order valence-corrected chi connectivity index (χ3v) is 2.78. The minimum absolute atomic E-state index is 0.163. The zero-order chi connectivity index (χ0) is 12.7. The van der Waals surface area contributed by atoms with Gasteiger partial charge in [-0.15, -0.1) is 0 Å². The first-order chi connectivity index (χ1) is 8.11. The lowest BCUT2D eigenvalue weighted by Gasteiger charge is -2.03. The Hall–Kier alpha value is -1.30. The normalized spacial score (nSPS) is 10.2. The van der Waals surface area contributed by atoms with Crippen LogP contribution in [-0.4, -0.2) is 28.3 Å². The van der Waals surface area contributed by atoms with Gasteiger partial charge in [0, 0.05) is 11.8 Å². The lowest BCUT2D eigenvalue weighted by molar-refractivity contribution is -0.140. The van der Waals surface area contributed by atoms with Crippen molar-refractivity contribution in [2.24, 2.45) is 0 Å². The second-order valence-electron chi connectivity index (χ2n) is 3.55. The molecule has 0 saturated carbocycles. The zero-order valence-corrected chi connectivity index (χ0v) is 10.8. The lowest BCUT2D eigenvalue weighted by atomic mass is 10.4. The summed E-state index contributed by atoms with van der Waals surface area (Å²) in [4.78, 5) is 29.1. The van der Waals surface area contributed by atoms with Crippen molar-refractivity contribution in [3.05, 3.63) is 22.1 Å². The standard InChI is InChI=1S/C11H16N2O3S/c1-3-4-5-16-10(15)7-17-11-12-8(2)6-9(14)13-11/h6H,3-5,7H2,1-2H3,(H,12,13,14). The van der Waals surface area contributed by atoms with Crippen LogP contribution in [0.5, 0.6) is 0 Å². The summed E-state index contributed by atoms with van der Waals surface area (Å²) in [5.41, 5.74) is 0.426. The Labute approximate surface area is 104 Å². The minimum atomic E-state index is -0.285. The summed E-state index contributed by atoms with van der Waals surface area (Å²) in [6.07, 6.45) is 1.86. The van der Waals surface area contributed by atoms with E-state index in [4.69, 9.17) is 4.74 Å². The van der Waals surface area contributed by atoms with E-state index in [9.17, 15) is 9.59 Å². The van der Waals surface area contributed by atoms with Gasteiger partial charge in [-0.05, 0) is 13.3 Å². The molecule has 1 N–H and O–H groups in total. The number of carbonyl (C=O) groups excluding carboxylic acids is 1. The first-order valence-electron chi connectivity index (χ1n) is 5.48. The van der Waals surface area contributed by atoms with Gasteiger partial charge in [-0.2, -0.15) is 0 Å². The highest BCUT2D eigenvalue weighted by Gasteiger charge is 2.06. The van der Waals surface area contributed by atoms with Gasteiger partial charge in [-0.25, -0.2) is 4.98 Å². The SMILES string of the molecule is CCCCOC(=O)CSc1nc(C)cc(=O)[nH]1. The van der Waals surface area contributed by atoms with Crippen LogP contribution in [0.4, 0.5) is 0 Å². The van der Waals surface area contributed by atoms with Gasteiger partial charge in [0.05, 0.1) is 12.4 Å². The van der Waals surface area contributed by atoms with Crippen LogP contribution in [0.25, 0.3) is 0 Å². The Bertz CT molecular complexity index is 431. The van der Waals surface area contributed by atoms with Crippen LogP contribution >= 0.6 is 11.8 Å². The highest BCUT2D eigenvalue weighted by molar-refractivity contribution is 7.99. The second kappa shape index (κ2) is 7.11. The highest BCUT2D eigenvalue weighted by Crippen LogP contribution is 2.11. The van der Waals surface area contributed by atoms with Crippen molar-refractivity contribution < 1.29 is 9.53 Å². The summed E-state index contributed by atoms with van der Waals surface area (Å²) in [5.74, 6) is -0.122. The van der Waals surface area contributed by atoms with E-state index in [1.165, 1.54) is 17.8 Å². The number of aromatic amines is 1. The van der Waals surface area contributed by atoms with E-state index < -0.39 is 0 Å². The van der Waals surface area contributed by atoms with Crippen LogP contribution in [0.3, 0.4) is 0 Å². The summed E-state index contributed by atoms with van der Waals surface area (Å²) in [5, 5.41) is 0.447. The van der Waals surface area contributed by atoms with Crippen molar-refractivity contribution >= 4 is 17.7 Å². The van der Waals surface area contributed by atoms with E-state index in [-0.39, 0.29) is 17.3 Å². The number of thioether (sulfide) groups is 1. The first-order valence-corrected chi connectivity index (χ1v) is 6.46. The summed E-state index contributed by atoms with van der Waals surface area (Å²) in [7, 11) is 0. The molecule has 0 atom stereocenters. The molecule has 0 aromatic carbocycles. The number of unbranched alkanes of at least 4 members (excludes halogenated alkanes) is 1. The Morgan fingerprint density at radius 3 is 3.00 bits per heavy atom. The fourth-order valence-electron chi connectivity index (χ4n) is 1.12. The van der Waals surface area contributed by atoms with Gasteiger partial charge in [0.25, 0.3) is 5.56 Å². The van der Waals surface area contributed by atoms with Gasteiger partial charge in [0.2, 0.25) is 0 Å². The third kappa shape index (κ3) is 5.53. The summed E-state index contributed by atoms with van der Waals surface area (Å²) in [6.45, 7) is 4.22. The lowest BCUT2D eigenvalue weighted by Crippen LogP contribution is -2.11. The molecular weight excluding hydrogens is 240 g/mol. The largest absolute Gasteiger partial charge is 0.465 e. The molecule has 1 aromatic heterocycles. The Kier molecular flexibility index (Phi) is 5.76. The van der Waals surface area contributed by atoms with Crippen LogP contribution < -0.4 is 5.56 Å². The second-order valence-corrected chi connectivity index (χ2v) is 4.52. The molecule has 0 fully saturated rings. The number of hydrogen-bond donors (Lipinski definition) is 1. The maximum atomic E-state index is 11.3. The Morgan fingerprint density at radius 1 is 1.59 bits per heavy atom. The molecule has 0 aliphatic rings. The Balaban J connectivity index is 2.39. The van der Waals surface area contributed by atoms with Crippen LogP contribution in [0.1, 0.15) is 25.5 Å². The maximum absolute atomic E-state index is 11.3. The molecule has 6 heteroatoms. The molecule has 0 amide bonds. The van der Waals surface area contributed by atoms with E-state index in [1.807, 2.05) is 6.92 Å². The molecule has 0 bridgehead atoms. The summed E-state index contributed by atoms with van der Waals surface area (Å²) < 4.78 is 4.99. The van der Waals surface area contributed by atoms with Crippen molar-refractivity contribution in [3.63, 3.8) is 0 Å². The first kappa shape index (κ1) is 13.8. The Morgan fingerprint density at radius 2 is 2.35 bits per heavy atom. The highest BCUT2D eigenvalue weighted by atomic mass is 32.2. The summed E-state index contributed by atoms with van der Waals surface area (Å²) >= 11 is 1.17. The minimum Gasteiger partial charge on any atom is -0.465 e. The molecule has 17 heavy (non-hydrogen) atoms. The van der Waals surface area contributed by atoms with Crippen molar-refractivity contribution in [2.75, 3.05) is 12.4 Å². The van der Waals surface area contributed by atoms with E-state index in [2.05, 4.69) is 9.97 Å². The summed E-state index contributed by atoms with van der Waals surface area (Å²) in [6, 6.07) is 1.41. The maximum Gasteiger partial charge on any atom is 0.316 e. The van der Waals surface area contributed by atoms with Crippen LogP contribution in [-0.2, 0) is 9.53 Å². The number of aromatic nitrogens is 2. The van der Waals surface area contributed by atoms with Gasteiger partial charge in [-0.3, -0.25) is 9.59 Å². The number of esters is 1. The monoisotopic (exact) mass is 256 g/mol. The molecule has 0 radical (unpaired) electrons. The van der Waals surface area contributed by atoms with Crippen molar-refractivity contribution in [3.8, 4) is 0 Å². The molecule has 0 aliphatic carbocycles. The molecule has 0 aliphatic heterocycles. The molecule has 0 unspecified atom stereocenters. The molecule has 1 rings (SSSR count). The van der Waals surface area contributed by atoms with Gasteiger partial charge in [0.15, 0.2) is 5.16 Å². The van der Waals surface area contributed by atoms with Crippen LogP contribution in [0.2, 0.25) is 0 Å². The molecule has 0 spiro atoms. The number of H-pyrrole nitrogens is 1. The molecule has 94 valence electrons. The van der Waals surface area contributed by atoms with Gasteiger partial charge in [-0.1, -0.05) is 25.1 Å². The van der Waals surface area contributed by atoms with Gasteiger partial charge in [0.1, 0.15) is 0 Å². The molecule has 0 saturated heterocycles. The predicted molar refractivity (Wildman–Crippen MR) is 66.2 cm³/mol. The van der Waals surface area contributed by atoms with Crippen molar-refractivity contribution in [1.29, 1.82) is 0 Å². The van der Waals surface area contributed by atoms with Gasteiger partial charge >= 0.3 is 5.97 Å². The van der Waals surface area contributed by atoms with E-state index in [0.29, 0.717) is 17.5 Å². The molecule has 1 aromatic rings. The zero-order valence-electron chi connectivity index (χ0n) is 9.99. The number of nitrogens with one attached hydrogen (secondary N) is 1. The topological polar surface area (TPSA) is 72.0 Å². The fourth-order valence-corrected chi connectivity index (χ4v) is 1.84. The van der Waals surface area contributed by atoms with E-state index in [0.717, 1.165) is 12.8 Å². The molecule has 1 heterocycles. The van der Waals surface area contributed by atoms with Crippen LogP contribution in [0, 0.1) is 6.92 Å². The van der Waals surface area contributed by atoms with E-state index >= 15 is 0 Å². The van der Waals surface area contributed by atoms with Crippen LogP contribution in [0.15, 0.2) is 16.0 Å². The predicted octanol–water partition coefficient (Wildman–Crippen LogP) is 1.51. The number of rotatable bonds is 6. The average molecular weight is 256 g/mol. The number of carbonyl (C=O) groups is 1. The van der Waals surface area contributed by atoms with Gasteiger partial charge < -0.3 is 9.72 Å². The van der Waals surface area contributed by atoms with Crippen molar-refractivity contribution in [1.82, 2.24) is 9.97 Å². The number of nitrogens with zero attached hydrogens (tertiary/aromatic N) is 1. The molecule has 5 nitrogen and oxygen atoms in total. The third-order valence-electron chi connectivity index (χ3n) is 1.94. The number of aryl methyl sites for hydroxylation is 1. The molecular formula is C11H16N2O3S. The number of hydrogen-bond acceptors (Lipinski definition) is 5. The number of ether oxygens (including phenoxy) is 1.